The largest absolute Gasteiger partial charge is 0.486 e. The third-order valence-corrected chi connectivity index (χ3v) is 6.51. The number of carbonyl (C=O) groups excluding carboxylic acids is 1. The van der Waals surface area contributed by atoms with Gasteiger partial charge in [0.05, 0.1) is 5.25 Å². The highest BCUT2D eigenvalue weighted by Crippen LogP contribution is 2.34. The van der Waals surface area contributed by atoms with Crippen LogP contribution in [0.3, 0.4) is 0 Å². The van der Waals surface area contributed by atoms with Crippen molar-refractivity contribution in [2.75, 3.05) is 23.8 Å². The molecule has 3 aromatic rings. The lowest BCUT2D eigenvalue weighted by atomic mass is 10.1. The molecule has 1 aliphatic heterocycles. The molecule has 7 nitrogen and oxygen atoms in total. The molecule has 1 atom stereocenters. The summed E-state index contributed by atoms with van der Waals surface area (Å²) in [4.78, 5) is 12.6. The number of nitrogens with one attached hydrogen (secondary N) is 2. The molecular weight excluding hydrogens is 420 g/mol. The number of benzene rings is 2. The Bertz CT molecular complexity index is 1070. The Morgan fingerprint density at radius 3 is 2.70 bits per heavy atom. The molecule has 1 aliphatic rings. The average molecular weight is 443 g/mol. The van der Waals surface area contributed by atoms with Crippen molar-refractivity contribution in [2.24, 2.45) is 0 Å². The minimum Gasteiger partial charge on any atom is -0.486 e. The fraction of sp³-hybridized carbons (Fsp3) is 0.286. The van der Waals surface area contributed by atoms with Gasteiger partial charge in [0.1, 0.15) is 13.2 Å². The van der Waals surface area contributed by atoms with Crippen molar-refractivity contribution in [3.05, 3.63) is 47.5 Å². The van der Waals surface area contributed by atoms with E-state index < -0.39 is 0 Å². The number of hydrogen-bond acceptors (Lipinski definition) is 8. The molecule has 0 bridgehead atoms. The summed E-state index contributed by atoms with van der Waals surface area (Å²) >= 11 is 2.80. The van der Waals surface area contributed by atoms with Gasteiger partial charge >= 0.3 is 0 Å². The molecule has 0 aliphatic carbocycles. The average Bonchev–Trinajstić information content (AvgIpc) is 3.17. The Labute approximate surface area is 183 Å². The Kier molecular flexibility index (Phi) is 6.10. The van der Waals surface area contributed by atoms with E-state index in [1.165, 1.54) is 28.7 Å². The number of rotatable bonds is 6. The van der Waals surface area contributed by atoms with E-state index in [-0.39, 0.29) is 11.2 Å². The molecule has 0 unspecified atom stereocenters. The van der Waals surface area contributed by atoms with Crippen LogP contribution in [0, 0.1) is 13.8 Å². The van der Waals surface area contributed by atoms with E-state index in [1.54, 1.807) is 18.2 Å². The highest BCUT2D eigenvalue weighted by atomic mass is 32.2. The number of anilines is 3. The first-order valence-electron chi connectivity index (χ1n) is 9.53. The van der Waals surface area contributed by atoms with Crippen molar-refractivity contribution < 1.29 is 14.3 Å². The van der Waals surface area contributed by atoms with Crippen molar-refractivity contribution in [1.29, 1.82) is 0 Å². The van der Waals surface area contributed by atoms with Gasteiger partial charge in [-0.2, -0.15) is 0 Å². The van der Waals surface area contributed by atoms with Crippen LogP contribution in [0.1, 0.15) is 18.1 Å². The van der Waals surface area contributed by atoms with Gasteiger partial charge in [-0.05, 0) is 44.5 Å². The minimum atomic E-state index is -0.333. The summed E-state index contributed by atoms with van der Waals surface area (Å²) in [6, 6.07) is 11.6. The highest BCUT2D eigenvalue weighted by Gasteiger charge is 2.19. The van der Waals surface area contributed by atoms with Crippen molar-refractivity contribution in [2.45, 2.75) is 30.4 Å². The summed E-state index contributed by atoms with van der Waals surface area (Å²) in [5.74, 6) is 1.22. The third-order valence-electron chi connectivity index (χ3n) is 4.49. The first-order chi connectivity index (χ1) is 14.5. The minimum absolute atomic E-state index is 0.115. The Morgan fingerprint density at radius 1 is 1.10 bits per heavy atom. The predicted octanol–water partition coefficient (Wildman–Crippen LogP) is 4.79. The number of ether oxygens (including phenoxy) is 2. The van der Waals surface area contributed by atoms with Crippen LogP contribution in [0.2, 0.25) is 0 Å². The number of amides is 1. The second kappa shape index (κ2) is 8.93. The maximum Gasteiger partial charge on any atom is 0.237 e. The Hall–Kier alpha value is -2.78. The Balaban J connectivity index is 1.35. The summed E-state index contributed by atoms with van der Waals surface area (Å²) in [6.07, 6.45) is 0. The fourth-order valence-corrected chi connectivity index (χ4v) is 4.86. The van der Waals surface area contributed by atoms with E-state index >= 15 is 0 Å². The van der Waals surface area contributed by atoms with Crippen LogP contribution < -0.4 is 20.1 Å². The number of thioether (sulfide) groups is 1. The number of nitrogens with zero attached hydrogens (tertiary/aromatic N) is 2. The van der Waals surface area contributed by atoms with Gasteiger partial charge in [0.25, 0.3) is 0 Å². The van der Waals surface area contributed by atoms with Crippen LogP contribution >= 0.6 is 23.1 Å². The van der Waals surface area contributed by atoms with Crippen molar-refractivity contribution in [1.82, 2.24) is 10.2 Å². The van der Waals surface area contributed by atoms with Crippen LogP contribution in [0.25, 0.3) is 0 Å². The Morgan fingerprint density at radius 2 is 1.90 bits per heavy atom. The van der Waals surface area contributed by atoms with Gasteiger partial charge in [-0.15, -0.1) is 10.2 Å². The lowest BCUT2D eigenvalue weighted by Crippen LogP contribution is -2.22. The lowest BCUT2D eigenvalue weighted by molar-refractivity contribution is -0.115. The summed E-state index contributed by atoms with van der Waals surface area (Å²) < 4.78 is 11.8. The van der Waals surface area contributed by atoms with Crippen LogP contribution in [0.5, 0.6) is 11.5 Å². The number of fused-ring (bicyclic) bond motifs is 1. The number of hydrogen-bond donors (Lipinski definition) is 2. The van der Waals surface area contributed by atoms with Crippen LogP contribution in [-0.2, 0) is 4.79 Å². The zero-order chi connectivity index (χ0) is 21.1. The van der Waals surface area contributed by atoms with Gasteiger partial charge in [0.15, 0.2) is 15.8 Å². The number of carbonyl (C=O) groups is 1. The monoisotopic (exact) mass is 442 g/mol. The SMILES string of the molecule is Cc1ccc(Nc2nnc(S[C@@H](C)C(=O)Nc3ccc4c(c3)OCCO4)s2)c(C)c1. The van der Waals surface area contributed by atoms with E-state index in [0.29, 0.717) is 35.5 Å². The van der Waals surface area contributed by atoms with Crippen LogP contribution in [0.15, 0.2) is 40.7 Å². The fourth-order valence-electron chi connectivity index (χ4n) is 2.95. The van der Waals surface area contributed by atoms with Gasteiger partial charge in [-0.3, -0.25) is 4.79 Å². The van der Waals surface area contributed by atoms with Crippen molar-refractivity contribution in [3.63, 3.8) is 0 Å². The molecule has 0 saturated carbocycles. The molecular formula is C21H22N4O3S2. The third kappa shape index (κ3) is 4.85. The smallest absolute Gasteiger partial charge is 0.237 e. The van der Waals surface area contributed by atoms with E-state index in [1.807, 2.05) is 13.0 Å². The van der Waals surface area contributed by atoms with Crippen LogP contribution in [-0.4, -0.2) is 34.6 Å². The molecule has 156 valence electrons. The molecule has 0 saturated heterocycles. The molecule has 2 aromatic carbocycles. The highest BCUT2D eigenvalue weighted by molar-refractivity contribution is 8.02. The molecule has 2 N–H and O–H groups in total. The maximum atomic E-state index is 12.6. The first-order valence-corrected chi connectivity index (χ1v) is 11.2. The van der Waals surface area contributed by atoms with Crippen molar-refractivity contribution >= 4 is 45.5 Å². The van der Waals surface area contributed by atoms with Gasteiger partial charge in [-0.25, -0.2) is 0 Å². The van der Waals surface area contributed by atoms with Gasteiger partial charge in [0, 0.05) is 17.4 Å². The standard InChI is InChI=1S/C21H22N4O3S2/c1-12-4-6-16(13(2)10-12)23-20-24-25-21(30-20)29-14(3)19(26)22-15-5-7-17-18(11-15)28-9-8-27-17/h4-7,10-11,14H,8-9H2,1-3H3,(H,22,26)(H,23,24)/t14-/m0/s1. The molecule has 0 radical (unpaired) electrons. The van der Waals surface area contributed by atoms with E-state index in [2.05, 4.69) is 46.8 Å². The second-order valence-corrected chi connectivity index (χ2v) is 9.49. The molecule has 30 heavy (non-hydrogen) atoms. The van der Waals surface area contributed by atoms with E-state index in [4.69, 9.17) is 9.47 Å². The second-order valence-electron chi connectivity index (χ2n) is 6.92. The zero-order valence-electron chi connectivity index (χ0n) is 16.9. The predicted molar refractivity (Wildman–Crippen MR) is 120 cm³/mol. The molecule has 4 rings (SSSR count). The van der Waals surface area contributed by atoms with Gasteiger partial charge in [-0.1, -0.05) is 40.8 Å². The van der Waals surface area contributed by atoms with Gasteiger partial charge < -0.3 is 20.1 Å². The zero-order valence-corrected chi connectivity index (χ0v) is 18.5. The molecule has 0 fully saturated rings. The molecule has 1 aromatic heterocycles. The normalized spacial score (nSPS) is 13.6. The topological polar surface area (TPSA) is 85.4 Å². The first kappa shape index (κ1) is 20.5. The van der Waals surface area contributed by atoms with Gasteiger partial charge in [0.2, 0.25) is 11.0 Å². The summed E-state index contributed by atoms with van der Waals surface area (Å²) in [5.41, 5.74) is 4.03. The summed E-state index contributed by atoms with van der Waals surface area (Å²) in [6.45, 7) is 7.00. The van der Waals surface area contributed by atoms with E-state index in [9.17, 15) is 4.79 Å². The lowest BCUT2D eigenvalue weighted by Gasteiger charge is -2.19. The van der Waals surface area contributed by atoms with Crippen LogP contribution in [0.4, 0.5) is 16.5 Å². The summed E-state index contributed by atoms with van der Waals surface area (Å²) in [5, 5.41) is 15.0. The maximum absolute atomic E-state index is 12.6. The molecule has 2 heterocycles. The molecule has 1 amide bonds. The quantitative estimate of drug-likeness (QED) is 0.531. The number of aryl methyl sites for hydroxylation is 2. The number of aromatic nitrogens is 2. The molecule has 0 spiro atoms. The molecule has 9 heteroatoms. The summed E-state index contributed by atoms with van der Waals surface area (Å²) in [7, 11) is 0. The van der Waals surface area contributed by atoms with Crippen molar-refractivity contribution in [3.8, 4) is 11.5 Å². The van der Waals surface area contributed by atoms with E-state index in [0.717, 1.165) is 15.6 Å².